The molecule has 0 saturated carbocycles. The van der Waals surface area contributed by atoms with E-state index in [1.807, 2.05) is 0 Å². The lowest BCUT2D eigenvalue weighted by atomic mass is 9.99. The highest BCUT2D eigenvalue weighted by Gasteiger charge is 2.28. The summed E-state index contributed by atoms with van der Waals surface area (Å²) in [5, 5.41) is 9.90. The maximum atomic E-state index is 12.5. The fraction of sp³-hybridized carbons (Fsp3) is 0.222. The minimum Gasteiger partial charge on any atom is -0.507 e. The van der Waals surface area contributed by atoms with Gasteiger partial charge in [-0.25, -0.2) is 4.79 Å². The highest BCUT2D eigenvalue weighted by atomic mass is 35.5. The molecule has 1 N–H and O–H groups in total. The number of phenols is 1. The third kappa shape index (κ3) is 4.76. The second-order valence-electron chi connectivity index (χ2n) is 5.39. The number of benzene rings is 2. The van der Waals surface area contributed by atoms with Crippen molar-refractivity contribution >= 4 is 23.4 Å². The summed E-state index contributed by atoms with van der Waals surface area (Å²) in [6.45, 7) is 1.74. The average Bonchev–Trinajstić information content (AvgIpc) is 2.53. The molecule has 0 bridgehead atoms. The van der Waals surface area contributed by atoms with Gasteiger partial charge in [0, 0.05) is 5.56 Å². The number of ether oxygens (including phenoxy) is 1. The average molecular weight is 387 g/mol. The summed E-state index contributed by atoms with van der Waals surface area (Å²) in [6.07, 6.45) is -5.46. The van der Waals surface area contributed by atoms with E-state index in [4.69, 9.17) is 16.3 Å². The molecule has 0 aliphatic carbocycles. The minimum atomic E-state index is -4.35. The molecule has 0 aliphatic rings. The van der Waals surface area contributed by atoms with Gasteiger partial charge in [-0.2, -0.15) is 13.2 Å². The molecule has 26 heavy (non-hydrogen) atoms. The lowest BCUT2D eigenvalue weighted by molar-refractivity contribution is -0.127. The van der Waals surface area contributed by atoms with Gasteiger partial charge in [0.25, 0.3) is 0 Å². The number of ketones is 1. The molecular weight excluding hydrogens is 373 g/mol. The van der Waals surface area contributed by atoms with Crippen LogP contribution in [0.15, 0.2) is 36.4 Å². The van der Waals surface area contributed by atoms with Crippen LogP contribution in [-0.4, -0.2) is 29.6 Å². The Morgan fingerprint density at radius 2 is 1.73 bits per heavy atom. The van der Waals surface area contributed by atoms with E-state index in [0.29, 0.717) is 0 Å². The summed E-state index contributed by atoms with van der Waals surface area (Å²) in [5.74, 6) is -1.91. The Hall–Kier alpha value is -2.54. The predicted octanol–water partition coefficient (Wildman–Crippen LogP) is 4.56. The van der Waals surface area contributed by atoms with E-state index in [0.717, 1.165) is 6.07 Å². The maximum absolute atomic E-state index is 12.5. The Labute approximate surface area is 152 Å². The summed E-state index contributed by atoms with van der Waals surface area (Å²) in [5.41, 5.74) is -0.214. The lowest BCUT2D eigenvalue weighted by Crippen LogP contribution is -2.12. The van der Waals surface area contributed by atoms with Gasteiger partial charge in [-0.05, 0) is 24.6 Å². The van der Waals surface area contributed by atoms with Crippen LogP contribution in [0, 0.1) is 0 Å². The van der Waals surface area contributed by atoms with Gasteiger partial charge in [0.15, 0.2) is 5.78 Å². The quantitative estimate of drug-likeness (QED) is 0.604. The molecule has 0 amide bonds. The van der Waals surface area contributed by atoms with Crippen LogP contribution in [0.25, 0.3) is 0 Å². The van der Waals surface area contributed by atoms with E-state index in [2.05, 4.69) is 0 Å². The molecule has 0 aromatic heterocycles. The summed E-state index contributed by atoms with van der Waals surface area (Å²) in [7, 11) is 0. The number of carbonyl (C=O) groups excluding carboxylic acids is 2. The highest BCUT2D eigenvalue weighted by molar-refractivity contribution is 6.35. The van der Waals surface area contributed by atoms with Crippen molar-refractivity contribution in [3.8, 4) is 5.75 Å². The molecule has 0 heterocycles. The zero-order valence-electron chi connectivity index (χ0n) is 13.6. The first kappa shape index (κ1) is 19.8. The van der Waals surface area contributed by atoms with Crippen LogP contribution in [0.5, 0.6) is 5.75 Å². The molecule has 2 aromatic rings. The van der Waals surface area contributed by atoms with Crippen LogP contribution < -0.4 is 0 Å². The largest absolute Gasteiger partial charge is 0.507 e. The monoisotopic (exact) mass is 386 g/mol. The van der Waals surface area contributed by atoms with Crippen molar-refractivity contribution in [3.05, 3.63) is 63.7 Å². The van der Waals surface area contributed by atoms with Gasteiger partial charge in [-0.3, -0.25) is 4.79 Å². The Morgan fingerprint density at radius 1 is 1.12 bits per heavy atom. The van der Waals surface area contributed by atoms with Gasteiger partial charge in [0.05, 0.1) is 29.2 Å². The van der Waals surface area contributed by atoms with Gasteiger partial charge in [0.1, 0.15) is 5.75 Å². The van der Waals surface area contributed by atoms with Crippen molar-refractivity contribution in [3.63, 3.8) is 0 Å². The summed E-state index contributed by atoms with van der Waals surface area (Å²) in [6, 6.07) is 7.04. The Balaban J connectivity index is 2.31. The van der Waals surface area contributed by atoms with Gasteiger partial charge >= 0.3 is 12.1 Å². The zero-order chi connectivity index (χ0) is 19.5. The highest BCUT2D eigenvalue weighted by Crippen LogP contribution is 2.31. The van der Waals surface area contributed by atoms with E-state index in [1.54, 1.807) is 6.92 Å². The summed E-state index contributed by atoms with van der Waals surface area (Å²) >= 11 is 6.00. The van der Waals surface area contributed by atoms with Crippen LogP contribution in [0.4, 0.5) is 13.2 Å². The molecular formula is C18H14ClF3O4. The molecule has 8 heteroatoms. The number of carbonyl (C=O) groups is 2. The van der Waals surface area contributed by atoms with Crippen LogP contribution in [0.2, 0.25) is 5.02 Å². The number of esters is 1. The Morgan fingerprint density at radius 3 is 2.23 bits per heavy atom. The molecule has 2 rings (SSSR count). The standard InChI is InChI=1S/C18H14ClF3O4/c1-2-26-17(25)12-7-13(19)15(14(23)8-12)16(24)11-5-3-10(4-6-11)9-18(20,21)22/h3-8,23H,2,9H2,1H3. The topological polar surface area (TPSA) is 63.6 Å². The molecule has 0 fully saturated rings. The van der Waals surface area contributed by atoms with Crippen molar-refractivity contribution in [2.45, 2.75) is 19.5 Å². The molecule has 0 radical (unpaired) electrons. The number of alkyl halides is 3. The molecule has 0 unspecified atom stereocenters. The lowest BCUT2D eigenvalue weighted by Gasteiger charge is -2.10. The SMILES string of the molecule is CCOC(=O)c1cc(O)c(C(=O)c2ccc(CC(F)(F)F)cc2)c(Cl)c1. The van der Waals surface area contributed by atoms with E-state index in [9.17, 15) is 27.9 Å². The normalized spacial score (nSPS) is 11.3. The van der Waals surface area contributed by atoms with Crippen LogP contribution in [0.3, 0.4) is 0 Å². The molecule has 0 spiro atoms. The zero-order valence-corrected chi connectivity index (χ0v) is 14.3. The number of halogens is 4. The first-order chi connectivity index (χ1) is 12.1. The molecule has 4 nitrogen and oxygen atoms in total. The maximum Gasteiger partial charge on any atom is 0.393 e. The van der Waals surface area contributed by atoms with E-state index >= 15 is 0 Å². The smallest absolute Gasteiger partial charge is 0.393 e. The first-order valence-corrected chi connectivity index (χ1v) is 7.90. The van der Waals surface area contributed by atoms with Crippen molar-refractivity contribution in [1.29, 1.82) is 0 Å². The Bertz CT molecular complexity index is 806. The van der Waals surface area contributed by atoms with Crippen LogP contribution >= 0.6 is 11.6 Å². The van der Waals surface area contributed by atoms with Crippen LogP contribution in [0.1, 0.15) is 38.8 Å². The van der Waals surface area contributed by atoms with Crippen molar-refractivity contribution in [1.82, 2.24) is 0 Å². The Kier molecular flexibility index (Phi) is 5.92. The number of phenolic OH excluding ortho intramolecular Hbond substituents is 1. The van der Waals surface area contributed by atoms with Gasteiger partial charge < -0.3 is 9.84 Å². The van der Waals surface area contributed by atoms with Gasteiger partial charge in [-0.1, -0.05) is 35.9 Å². The number of aromatic hydroxyl groups is 1. The molecule has 138 valence electrons. The van der Waals surface area contributed by atoms with Gasteiger partial charge in [0.2, 0.25) is 0 Å². The van der Waals surface area contributed by atoms with E-state index in [-0.39, 0.29) is 33.9 Å². The second kappa shape index (κ2) is 7.78. The molecule has 0 atom stereocenters. The minimum absolute atomic E-state index is 0.00188. The second-order valence-corrected chi connectivity index (χ2v) is 5.80. The fourth-order valence-electron chi connectivity index (χ4n) is 2.30. The molecule has 2 aromatic carbocycles. The van der Waals surface area contributed by atoms with Crippen molar-refractivity contribution in [2.24, 2.45) is 0 Å². The fourth-order valence-corrected chi connectivity index (χ4v) is 2.60. The molecule has 0 aliphatic heterocycles. The number of hydrogen-bond acceptors (Lipinski definition) is 4. The first-order valence-electron chi connectivity index (χ1n) is 7.52. The van der Waals surface area contributed by atoms with Gasteiger partial charge in [-0.15, -0.1) is 0 Å². The number of hydrogen-bond donors (Lipinski definition) is 1. The summed E-state index contributed by atoms with van der Waals surface area (Å²) in [4.78, 5) is 24.2. The van der Waals surface area contributed by atoms with E-state index in [1.165, 1.54) is 30.3 Å². The van der Waals surface area contributed by atoms with Crippen molar-refractivity contribution < 1.29 is 32.6 Å². The number of rotatable bonds is 5. The molecule has 0 saturated heterocycles. The predicted molar refractivity (Wildman–Crippen MR) is 88.7 cm³/mol. The van der Waals surface area contributed by atoms with E-state index < -0.39 is 30.1 Å². The summed E-state index contributed by atoms with van der Waals surface area (Å²) < 4.78 is 41.9. The van der Waals surface area contributed by atoms with Crippen LogP contribution in [-0.2, 0) is 11.2 Å². The third-order valence-electron chi connectivity index (χ3n) is 3.43. The third-order valence-corrected chi connectivity index (χ3v) is 3.73. The van der Waals surface area contributed by atoms with Crippen molar-refractivity contribution in [2.75, 3.05) is 6.61 Å².